The Morgan fingerprint density at radius 1 is 1.07 bits per heavy atom. The highest BCUT2D eigenvalue weighted by Gasteiger charge is 2.36. The Morgan fingerprint density at radius 2 is 1.82 bits per heavy atom. The predicted octanol–water partition coefficient (Wildman–Crippen LogP) is 3.75. The van der Waals surface area contributed by atoms with E-state index in [1.807, 2.05) is 13.1 Å². The number of anilines is 1. The molecule has 0 amide bonds. The number of benzene rings is 1. The number of β-amino-alcohol motifs (C(OH)–C–C–N with tert-alkyl or cyclic N) is 1. The summed E-state index contributed by atoms with van der Waals surface area (Å²) in [5.41, 5.74) is 3.60. The van der Waals surface area contributed by atoms with Crippen LogP contribution in [-0.2, 0) is 13.6 Å². The number of likely N-dealkylation sites (tertiary alicyclic amines) is 1. The van der Waals surface area contributed by atoms with Crippen molar-refractivity contribution in [1.29, 1.82) is 0 Å². The van der Waals surface area contributed by atoms with Gasteiger partial charge in [0.25, 0.3) is 5.56 Å². The van der Waals surface area contributed by atoms with Gasteiger partial charge >= 0.3 is 0 Å². The SMILES string of the molecule is CCNc1cc2c(cn1)c(-c1ccc(CN3CC(C)(O)C3)cc1)nn2[C@H]1CC[C@@H](Oc2ccc(=O)n(C)n2)CC1. The van der Waals surface area contributed by atoms with E-state index < -0.39 is 5.60 Å². The monoisotopic (exact) mass is 543 g/mol. The average Bonchev–Trinajstić information content (AvgIpc) is 3.30. The van der Waals surface area contributed by atoms with Crippen molar-refractivity contribution in [3.05, 3.63) is 64.6 Å². The summed E-state index contributed by atoms with van der Waals surface area (Å²) in [5.74, 6) is 1.34. The van der Waals surface area contributed by atoms with Crippen molar-refractivity contribution < 1.29 is 9.84 Å². The molecular formula is C30H37N7O3. The van der Waals surface area contributed by atoms with Gasteiger partial charge in [-0.05, 0) is 45.1 Å². The van der Waals surface area contributed by atoms with Crippen molar-refractivity contribution in [2.75, 3.05) is 25.0 Å². The molecule has 2 fully saturated rings. The highest BCUT2D eigenvalue weighted by molar-refractivity contribution is 5.94. The number of hydrogen-bond acceptors (Lipinski definition) is 8. The summed E-state index contributed by atoms with van der Waals surface area (Å²) in [6.07, 6.45) is 5.63. The molecule has 10 heteroatoms. The summed E-state index contributed by atoms with van der Waals surface area (Å²) in [7, 11) is 1.63. The summed E-state index contributed by atoms with van der Waals surface area (Å²) in [6, 6.07) is 14.1. The van der Waals surface area contributed by atoms with Crippen molar-refractivity contribution in [1.82, 2.24) is 29.4 Å². The largest absolute Gasteiger partial charge is 0.473 e. The average molecular weight is 544 g/mol. The van der Waals surface area contributed by atoms with Crippen LogP contribution in [0.3, 0.4) is 0 Å². The molecule has 1 aliphatic heterocycles. The van der Waals surface area contributed by atoms with Crippen LogP contribution in [0.5, 0.6) is 5.88 Å². The fourth-order valence-electron chi connectivity index (χ4n) is 5.98. The molecule has 3 aromatic heterocycles. The van der Waals surface area contributed by atoms with Crippen LogP contribution in [0.2, 0.25) is 0 Å². The lowest BCUT2D eigenvalue weighted by Crippen LogP contribution is -2.59. The molecule has 0 unspecified atom stereocenters. The van der Waals surface area contributed by atoms with Crippen LogP contribution in [0, 0.1) is 0 Å². The van der Waals surface area contributed by atoms with Gasteiger partial charge in [0.05, 0.1) is 17.2 Å². The van der Waals surface area contributed by atoms with Crippen molar-refractivity contribution in [3.8, 4) is 17.1 Å². The first-order valence-corrected chi connectivity index (χ1v) is 14.2. The number of ether oxygens (including phenoxy) is 1. The fraction of sp³-hybridized carbons (Fsp3) is 0.467. The van der Waals surface area contributed by atoms with Gasteiger partial charge in [-0.2, -0.15) is 5.10 Å². The highest BCUT2D eigenvalue weighted by Crippen LogP contribution is 2.36. The van der Waals surface area contributed by atoms with Gasteiger partial charge < -0.3 is 15.2 Å². The molecular weight excluding hydrogens is 506 g/mol. The third kappa shape index (κ3) is 5.46. The standard InChI is InChI=1S/C30H37N7O3/c1-4-31-26-15-25-24(16-32-26)29(21-7-5-20(6-8-21)17-36-18-30(2,39)19-36)34-37(25)22-9-11-23(12-10-22)40-27-13-14-28(38)35(3)33-27/h5-8,13-16,22-23,39H,4,9-12,17-19H2,1-3H3,(H,31,32)/t22-,23+. The number of nitrogens with one attached hydrogen (secondary N) is 1. The minimum Gasteiger partial charge on any atom is -0.473 e. The molecule has 1 aromatic carbocycles. The Bertz CT molecular complexity index is 1540. The summed E-state index contributed by atoms with van der Waals surface area (Å²) >= 11 is 0. The van der Waals surface area contributed by atoms with Crippen molar-refractivity contribution >= 4 is 16.7 Å². The molecule has 0 bridgehead atoms. The van der Waals surface area contributed by atoms with Crippen molar-refractivity contribution in [2.45, 2.75) is 63.8 Å². The number of rotatable bonds is 8. The predicted molar refractivity (Wildman–Crippen MR) is 154 cm³/mol. The highest BCUT2D eigenvalue weighted by atomic mass is 16.5. The maximum Gasteiger partial charge on any atom is 0.266 e. The lowest BCUT2D eigenvalue weighted by molar-refractivity contribution is -0.0871. The minimum absolute atomic E-state index is 0.0594. The van der Waals surface area contributed by atoms with Crippen LogP contribution in [0.25, 0.3) is 22.2 Å². The van der Waals surface area contributed by atoms with Gasteiger partial charge in [-0.1, -0.05) is 24.3 Å². The molecule has 40 heavy (non-hydrogen) atoms. The number of aryl methyl sites for hydroxylation is 1. The second kappa shape index (κ2) is 10.7. The number of hydrogen-bond donors (Lipinski definition) is 2. The first-order chi connectivity index (χ1) is 19.3. The second-order valence-corrected chi connectivity index (χ2v) is 11.4. The molecule has 2 N–H and O–H groups in total. The van der Waals surface area contributed by atoms with E-state index in [1.165, 1.54) is 16.3 Å². The van der Waals surface area contributed by atoms with E-state index in [0.29, 0.717) is 19.0 Å². The molecule has 1 saturated heterocycles. The van der Waals surface area contributed by atoms with E-state index in [-0.39, 0.29) is 17.7 Å². The topological polar surface area (TPSA) is 110 Å². The van der Waals surface area contributed by atoms with Gasteiger partial charge in [0, 0.05) is 68.6 Å². The van der Waals surface area contributed by atoms with E-state index in [2.05, 4.69) is 62.2 Å². The zero-order chi connectivity index (χ0) is 27.9. The summed E-state index contributed by atoms with van der Waals surface area (Å²) < 4.78 is 9.60. The Morgan fingerprint density at radius 3 is 2.50 bits per heavy atom. The van der Waals surface area contributed by atoms with Crippen molar-refractivity contribution in [3.63, 3.8) is 0 Å². The van der Waals surface area contributed by atoms with Crippen LogP contribution < -0.4 is 15.6 Å². The Kier molecular flexibility index (Phi) is 7.06. The second-order valence-electron chi connectivity index (χ2n) is 11.4. The van der Waals surface area contributed by atoms with Gasteiger partial charge in [0.1, 0.15) is 17.6 Å². The zero-order valence-electron chi connectivity index (χ0n) is 23.4. The van der Waals surface area contributed by atoms with E-state index in [9.17, 15) is 9.90 Å². The van der Waals surface area contributed by atoms with Crippen LogP contribution in [0.4, 0.5) is 5.82 Å². The number of pyridine rings is 1. The third-order valence-corrected chi connectivity index (χ3v) is 7.92. The van der Waals surface area contributed by atoms with Gasteiger partial charge in [0.2, 0.25) is 5.88 Å². The molecule has 0 atom stereocenters. The van der Waals surface area contributed by atoms with Crippen LogP contribution >= 0.6 is 0 Å². The van der Waals surface area contributed by atoms with E-state index >= 15 is 0 Å². The van der Waals surface area contributed by atoms with E-state index in [0.717, 1.165) is 66.8 Å². The molecule has 0 radical (unpaired) electrons. The zero-order valence-corrected chi connectivity index (χ0v) is 23.4. The molecule has 4 heterocycles. The van der Waals surface area contributed by atoms with Gasteiger partial charge in [-0.15, -0.1) is 5.10 Å². The molecule has 210 valence electrons. The summed E-state index contributed by atoms with van der Waals surface area (Å²) in [4.78, 5) is 18.6. The Balaban J connectivity index is 1.22. The molecule has 4 aromatic rings. The lowest BCUT2D eigenvalue weighted by Gasteiger charge is -2.44. The number of fused-ring (bicyclic) bond motifs is 1. The first kappa shape index (κ1) is 26.5. The quantitative estimate of drug-likeness (QED) is 0.346. The fourth-order valence-corrected chi connectivity index (χ4v) is 5.98. The van der Waals surface area contributed by atoms with Crippen LogP contribution in [0.1, 0.15) is 51.1 Å². The van der Waals surface area contributed by atoms with Gasteiger partial charge in [-0.3, -0.25) is 14.4 Å². The molecule has 2 aliphatic rings. The smallest absolute Gasteiger partial charge is 0.266 e. The summed E-state index contributed by atoms with van der Waals surface area (Å²) in [6.45, 7) is 7.00. The normalized spacial score (nSPS) is 20.8. The van der Waals surface area contributed by atoms with Crippen molar-refractivity contribution in [2.24, 2.45) is 7.05 Å². The molecule has 1 aliphatic carbocycles. The first-order valence-electron chi connectivity index (χ1n) is 14.2. The molecule has 10 nitrogen and oxygen atoms in total. The van der Waals surface area contributed by atoms with E-state index in [1.54, 1.807) is 13.1 Å². The Labute approximate surface area is 233 Å². The lowest BCUT2D eigenvalue weighted by atomic mass is 9.93. The molecule has 1 saturated carbocycles. The third-order valence-electron chi connectivity index (χ3n) is 7.92. The number of aromatic nitrogens is 5. The van der Waals surface area contributed by atoms with E-state index in [4.69, 9.17) is 9.84 Å². The minimum atomic E-state index is -0.562. The number of aliphatic hydroxyl groups is 1. The van der Waals surface area contributed by atoms with Gasteiger partial charge in [-0.25, -0.2) is 9.67 Å². The van der Waals surface area contributed by atoms with Crippen LogP contribution in [0.15, 0.2) is 53.5 Å². The molecule has 0 spiro atoms. The summed E-state index contributed by atoms with van der Waals surface area (Å²) in [5, 5.41) is 23.8. The maximum atomic E-state index is 11.7. The number of nitrogens with zero attached hydrogens (tertiary/aromatic N) is 6. The van der Waals surface area contributed by atoms with Crippen LogP contribution in [-0.4, -0.2) is 65.9 Å². The Hall–Kier alpha value is -3.76. The van der Waals surface area contributed by atoms with Gasteiger partial charge in [0.15, 0.2) is 0 Å². The molecule has 6 rings (SSSR count). The maximum absolute atomic E-state index is 11.7.